The molecule has 1 saturated carbocycles. The number of hydrogen-bond acceptors (Lipinski definition) is 4. The normalized spacial score (nSPS) is 35.4. The summed E-state index contributed by atoms with van der Waals surface area (Å²) >= 11 is 0. The Morgan fingerprint density at radius 3 is 2.76 bits per heavy atom. The van der Waals surface area contributed by atoms with Gasteiger partial charge in [0.05, 0.1) is 45.8 Å². The van der Waals surface area contributed by atoms with Gasteiger partial charge in [-0.05, 0) is 31.6 Å². The fourth-order valence-electron chi connectivity index (χ4n) is 4.25. The van der Waals surface area contributed by atoms with Gasteiger partial charge in [0, 0.05) is 13.0 Å². The molecule has 1 aliphatic carbocycles. The highest BCUT2D eigenvalue weighted by molar-refractivity contribution is 5.89. The van der Waals surface area contributed by atoms with Crippen molar-refractivity contribution >= 4 is 5.84 Å². The fourth-order valence-corrected chi connectivity index (χ4v) is 4.25. The van der Waals surface area contributed by atoms with Gasteiger partial charge in [-0.1, -0.05) is 6.42 Å². The predicted molar refractivity (Wildman–Crippen MR) is 86.9 cm³/mol. The molecule has 0 aromatic heterocycles. The minimum absolute atomic E-state index is 0.0932. The summed E-state index contributed by atoms with van der Waals surface area (Å²) in [4.78, 5) is 0. The fraction of sp³-hybridized carbons (Fsp3) is 0.938. The second-order valence-electron chi connectivity index (χ2n) is 8.09. The van der Waals surface area contributed by atoms with Crippen LogP contribution in [0.15, 0.2) is 5.10 Å². The molecule has 0 bridgehead atoms. The standard InChI is InChI=1S/C16H32N5/c1-21(2,3)11-5-10-18-16-15(17)14-9-8-12-6-4-7-13(12)20(14)19-16/h12-15H,4-11,17H2,1-3H3,(H,18,19)/q+1. The summed E-state index contributed by atoms with van der Waals surface area (Å²) in [6.07, 6.45) is 7.80. The number of piperidine rings is 1. The van der Waals surface area contributed by atoms with Crippen LogP contribution in [0, 0.1) is 5.92 Å². The number of hydrogen-bond donors (Lipinski definition) is 2. The highest BCUT2D eigenvalue weighted by atomic mass is 15.5. The Labute approximate surface area is 129 Å². The van der Waals surface area contributed by atoms with Crippen molar-refractivity contribution in [1.29, 1.82) is 0 Å². The van der Waals surface area contributed by atoms with Crippen LogP contribution in [0.1, 0.15) is 38.5 Å². The molecule has 0 radical (unpaired) electrons. The van der Waals surface area contributed by atoms with E-state index in [1.54, 1.807) is 0 Å². The third-order valence-electron chi connectivity index (χ3n) is 5.40. The number of nitrogens with two attached hydrogens (primary N) is 1. The van der Waals surface area contributed by atoms with Gasteiger partial charge < -0.3 is 15.5 Å². The van der Waals surface area contributed by atoms with E-state index in [0.29, 0.717) is 12.1 Å². The molecule has 2 aliphatic heterocycles. The average Bonchev–Trinajstić information content (AvgIpc) is 2.99. The first-order chi connectivity index (χ1) is 9.96. The van der Waals surface area contributed by atoms with Gasteiger partial charge >= 0.3 is 0 Å². The van der Waals surface area contributed by atoms with Crippen LogP contribution >= 0.6 is 0 Å². The van der Waals surface area contributed by atoms with Crippen LogP contribution < -0.4 is 11.1 Å². The zero-order valence-corrected chi connectivity index (χ0v) is 13.9. The lowest BCUT2D eigenvalue weighted by atomic mass is 9.87. The summed E-state index contributed by atoms with van der Waals surface area (Å²) in [5.41, 5.74) is 6.45. The molecule has 0 aromatic carbocycles. The van der Waals surface area contributed by atoms with Gasteiger partial charge in [0.15, 0.2) is 0 Å². The van der Waals surface area contributed by atoms with Crippen LogP contribution in [-0.2, 0) is 0 Å². The molecular weight excluding hydrogens is 262 g/mol. The number of fused-ring (bicyclic) bond motifs is 3. The number of hydrazone groups is 1. The van der Waals surface area contributed by atoms with E-state index in [1.807, 2.05) is 0 Å². The molecule has 21 heavy (non-hydrogen) atoms. The molecular formula is C16H32N5+. The van der Waals surface area contributed by atoms with E-state index in [2.05, 4.69) is 31.5 Å². The first-order valence-electron chi connectivity index (χ1n) is 8.62. The summed E-state index contributed by atoms with van der Waals surface area (Å²) in [6.45, 7) is 2.16. The number of nitrogens with zero attached hydrogens (tertiary/aromatic N) is 3. The van der Waals surface area contributed by atoms with Crippen LogP contribution in [0.5, 0.6) is 0 Å². The molecule has 0 aromatic rings. The largest absolute Gasteiger partial charge is 0.370 e. The Bertz CT molecular complexity index is 400. The first-order valence-corrected chi connectivity index (χ1v) is 8.62. The maximum absolute atomic E-state index is 6.45. The van der Waals surface area contributed by atoms with Crippen molar-refractivity contribution in [2.24, 2.45) is 16.8 Å². The average molecular weight is 294 g/mol. The molecule has 4 unspecified atom stereocenters. The van der Waals surface area contributed by atoms with E-state index in [9.17, 15) is 0 Å². The molecule has 3 aliphatic rings. The summed E-state index contributed by atoms with van der Waals surface area (Å²) in [6, 6.07) is 1.21. The van der Waals surface area contributed by atoms with E-state index in [0.717, 1.165) is 29.2 Å². The van der Waals surface area contributed by atoms with Crippen molar-refractivity contribution in [3.63, 3.8) is 0 Å². The molecule has 4 atom stereocenters. The van der Waals surface area contributed by atoms with E-state index in [4.69, 9.17) is 10.8 Å². The van der Waals surface area contributed by atoms with Crippen LogP contribution in [0.3, 0.4) is 0 Å². The van der Waals surface area contributed by atoms with Crippen LogP contribution in [-0.4, -0.2) is 67.7 Å². The Morgan fingerprint density at radius 2 is 2.00 bits per heavy atom. The summed E-state index contributed by atoms with van der Waals surface area (Å²) in [7, 11) is 6.71. The van der Waals surface area contributed by atoms with Gasteiger partial charge in [-0.3, -0.25) is 5.01 Å². The molecule has 3 rings (SSSR count). The van der Waals surface area contributed by atoms with Crippen molar-refractivity contribution < 1.29 is 4.48 Å². The number of amidine groups is 1. The molecule has 5 nitrogen and oxygen atoms in total. The van der Waals surface area contributed by atoms with Crippen molar-refractivity contribution in [2.75, 3.05) is 34.2 Å². The summed E-state index contributed by atoms with van der Waals surface area (Å²) < 4.78 is 1.01. The first kappa shape index (κ1) is 15.1. The highest BCUT2D eigenvalue weighted by Crippen LogP contribution is 2.41. The second kappa shape index (κ2) is 5.76. The van der Waals surface area contributed by atoms with Gasteiger partial charge in [-0.25, -0.2) is 0 Å². The Balaban J connectivity index is 1.55. The van der Waals surface area contributed by atoms with Crippen LogP contribution in [0.25, 0.3) is 0 Å². The second-order valence-corrected chi connectivity index (χ2v) is 8.09. The van der Waals surface area contributed by atoms with Gasteiger partial charge in [0.1, 0.15) is 5.84 Å². The maximum Gasteiger partial charge on any atom is 0.141 e. The lowest BCUT2D eigenvalue weighted by Gasteiger charge is -2.39. The van der Waals surface area contributed by atoms with Crippen molar-refractivity contribution in [1.82, 2.24) is 10.3 Å². The molecule has 1 saturated heterocycles. The monoisotopic (exact) mass is 294 g/mol. The van der Waals surface area contributed by atoms with Crippen molar-refractivity contribution in [3.05, 3.63) is 0 Å². The van der Waals surface area contributed by atoms with Gasteiger partial charge in [-0.2, -0.15) is 5.10 Å². The lowest BCUT2D eigenvalue weighted by molar-refractivity contribution is -0.870. The Morgan fingerprint density at radius 1 is 1.19 bits per heavy atom. The summed E-state index contributed by atoms with van der Waals surface area (Å²) in [5, 5.41) is 10.8. The van der Waals surface area contributed by atoms with Crippen LogP contribution in [0.4, 0.5) is 0 Å². The van der Waals surface area contributed by atoms with Gasteiger partial charge in [-0.15, -0.1) is 0 Å². The highest BCUT2D eigenvalue weighted by Gasteiger charge is 2.46. The third kappa shape index (κ3) is 3.19. The van der Waals surface area contributed by atoms with E-state index in [1.165, 1.54) is 38.6 Å². The quantitative estimate of drug-likeness (QED) is 0.600. The number of quaternary nitrogens is 1. The van der Waals surface area contributed by atoms with Gasteiger partial charge in [0.25, 0.3) is 0 Å². The molecule has 2 heterocycles. The number of nitrogens with one attached hydrogen (secondary N) is 1. The molecule has 5 heteroatoms. The lowest BCUT2D eigenvalue weighted by Crippen LogP contribution is -2.52. The maximum atomic E-state index is 6.45. The van der Waals surface area contributed by atoms with E-state index >= 15 is 0 Å². The van der Waals surface area contributed by atoms with E-state index in [-0.39, 0.29) is 6.04 Å². The minimum atomic E-state index is 0.0932. The molecule has 0 amide bonds. The minimum Gasteiger partial charge on any atom is -0.370 e. The smallest absolute Gasteiger partial charge is 0.141 e. The van der Waals surface area contributed by atoms with Crippen LogP contribution in [0.2, 0.25) is 0 Å². The Hall–Kier alpha value is -0.810. The molecule has 120 valence electrons. The molecule has 3 N–H and O–H groups in total. The SMILES string of the molecule is C[N+](C)(C)CCCNC1=NN2C3CCCC3CCC2C1N. The topological polar surface area (TPSA) is 53.7 Å². The van der Waals surface area contributed by atoms with Gasteiger partial charge in [0.2, 0.25) is 0 Å². The van der Waals surface area contributed by atoms with E-state index < -0.39 is 0 Å². The predicted octanol–water partition coefficient (Wildman–Crippen LogP) is 0.960. The zero-order valence-electron chi connectivity index (χ0n) is 13.9. The summed E-state index contributed by atoms with van der Waals surface area (Å²) in [5.74, 6) is 1.91. The third-order valence-corrected chi connectivity index (χ3v) is 5.40. The number of rotatable bonds is 4. The van der Waals surface area contributed by atoms with Crippen molar-refractivity contribution in [2.45, 2.75) is 56.7 Å². The zero-order chi connectivity index (χ0) is 15.0. The Kier molecular flexibility index (Phi) is 4.14. The molecule has 0 spiro atoms. The molecule has 2 fully saturated rings. The van der Waals surface area contributed by atoms with Crippen molar-refractivity contribution in [3.8, 4) is 0 Å².